The molecule has 11 nitrogen and oxygen atoms in total. The molecule has 282 valence electrons. The smallest absolute Gasteiger partial charge is 0.313 e. The Morgan fingerprint density at radius 1 is 0.926 bits per heavy atom. The number of fused-ring (bicyclic) bond motifs is 2. The van der Waals surface area contributed by atoms with Crippen molar-refractivity contribution in [2.24, 2.45) is 11.8 Å². The highest BCUT2D eigenvalue weighted by Gasteiger charge is 2.74. The number of amides is 3. The van der Waals surface area contributed by atoms with Gasteiger partial charge in [-0.2, -0.15) is 0 Å². The number of cyclic esters (lactones) is 1. The Labute approximate surface area is 315 Å². The molecule has 2 fully saturated rings. The van der Waals surface area contributed by atoms with E-state index in [-0.39, 0.29) is 31.9 Å². The Morgan fingerprint density at radius 2 is 1.63 bits per heavy atom. The van der Waals surface area contributed by atoms with Gasteiger partial charge in [0.15, 0.2) is 0 Å². The number of allylic oxidation sites excluding steroid dienone is 1. The molecule has 0 unspecified atom stereocenters. The second-order valence-electron chi connectivity index (χ2n) is 14.6. The van der Waals surface area contributed by atoms with Crippen LogP contribution in [0, 0.1) is 25.7 Å². The minimum Gasteiger partial charge on any atom is -0.455 e. The van der Waals surface area contributed by atoms with E-state index in [1.807, 2.05) is 105 Å². The number of hydrogen-bond donors (Lipinski definition) is 2. The van der Waals surface area contributed by atoms with Crippen molar-refractivity contribution in [1.29, 1.82) is 0 Å². The average molecular weight is 734 g/mol. The van der Waals surface area contributed by atoms with Crippen molar-refractivity contribution in [3.05, 3.63) is 125 Å². The molecule has 8 atom stereocenters. The zero-order valence-corrected chi connectivity index (χ0v) is 30.8. The zero-order valence-electron chi connectivity index (χ0n) is 30.8. The van der Waals surface area contributed by atoms with Gasteiger partial charge in [0, 0.05) is 25.8 Å². The van der Waals surface area contributed by atoms with Gasteiger partial charge >= 0.3 is 5.97 Å². The van der Waals surface area contributed by atoms with Crippen molar-refractivity contribution in [3.63, 3.8) is 0 Å². The average Bonchev–Trinajstić information content (AvgIpc) is 3.82. The van der Waals surface area contributed by atoms with E-state index in [0.29, 0.717) is 17.7 Å². The van der Waals surface area contributed by atoms with Gasteiger partial charge in [-0.3, -0.25) is 19.2 Å². The summed E-state index contributed by atoms with van der Waals surface area (Å²) in [6, 6.07) is 21.6. The zero-order chi connectivity index (χ0) is 38.0. The molecule has 3 amide bonds. The van der Waals surface area contributed by atoms with Crippen LogP contribution in [0.3, 0.4) is 0 Å². The molecule has 0 saturated carbocycles. The first-order chi connectivity index (χ1) is 26.2. The predicted molar refractivity (Wildman–Crippen MR) is 201 cm³/mol. The van der Waals surface area contributed by atoms with E-state index in [1.165, 1.54) is 12.0 Å². The molecule has 2 N–H and O–H groups in total. The van der Waals surface area contributed by atoms with Gasteiger partial charge in [0.05, 0.1) is 37.3 Å². The van der Waals surface area contributed by atoms with Crippen LogP contribution in [0.4, 0.5) is 5.69 Å². The monoisotopic (exact) mass is 733 g/mol. The quantitative estimate of drug-likeness (QED) is 0.261. The Bertz CT molecular complexity index is 1910. The molecule has 0 aliphatic carbocycles. The van der Waals surface area contributed by atoms with Gasteiger partial charge in [0.1, 0.15) is 23.7 Å². The number of anilines is 1. The molecule has 11 heteroatoms. The van der Waals surface area contributed by atoms with Crippen LogP contribution in [-0.2, 0) is 39.8 Å². The molecule has 3 aromatic rings. The predicted octanol–water partition coefficient (Wildman–Crippen LogP) is 4.16. The second kappa shape index (κ2) is 15.7. The standard InChI is InChI=1S/C43H47N3O8/c1-27-14-13-15-28(2)37(27)45-23-12-6-11-20-34(48)44-32(26-52-3)38(30-18-9-5-10-19-30)53-42(51)35-33-21-22-43(54-33)36(35)40(49)46(39(43)41(45)50)31(25-47)24-29-16-7-4-8-17-29/h4-10,12-19,21-22,31-33,35-36,38-39,47H,11,20,23-26H2,1-3H3,(H,44,48)/b12-6-/t31-,32+,33-,35+,36+,38+,39-,43+/m1/s1. The van der Waals surface area contributed by atoms with Crippen LogP contribution in [0.25, 0.3) is 0 Å². The molecule has 54 heavy (non-hydrogen) atoms. The molecule has 2 saturated heterocycles. The minimum atomic E-state index is -1.51. The fraction of sp³-hybridized carbons (Fsp3) is 0.395. The van der Waals surface area contributed by atoms with E-state index in [1.54, 1.807) is 17.1 Å². The third-order valence-corrected chi connectivity index (χ3v) is 11.1. The lowest BCUT2D eigenvalue weighted by atomic mass is 9.74. The molecule has 4 heterocycles. The second-order valence-corrected chi connectivity index (χ2v) is 14.6. The number of aryl methyl sites for hydroxylation is 2. The maximum absolute atomic E-state index is 15.4. The number of likely N-dealkylation sites (tertiary alicyclic amines) is 1. The number of ether oxygens (including phenoxy) is 3. The van der Waals surface area contributed by atoms with E-state index < -0.39 is 72.2 Å². The number of aliphatic hydroxyl groups is 1. The molecule has 1 spiro atoms. The third kappa shape index (κ3) is 6.76. The summed E-state index contributed by atoms with van der Waals surface area (Å²) in [7, 11) is 1.51. The summed E-state index contributed by atoms with van der Waals surface area (Å²) in [5.41, 5.74) is 2.42. The van der Waals surface area contributed by atoms with Crippen molar-refractivity contribution >= 4 is 29.4 Å². The van der Waals surface area contributed by atoms with Crippen molar-refractivity contribution in [2.45, 2.75) is 69.0 Å². The number of hydrogen-bond acceptors (Lipinski definition) is 8. The number of aliphatic hydroxyl groups excluding tert-OH is 1. The SMILES string of the molecule is COC[C@@H]1NC(=O)CC/C=C\CN(c2c(C)cccc2C)C(=O)[C@H]2N([C@@H](CO)Cc3ccccc3)C(=O)[C@@H]3[C@@H](C(=O)O[C@H]1c1ccccc1)[C@H]1C=C[C@]32O1. The Morgan fingerprint density at radius 3 is 2.31 bits per heavy atom. The molecule has 7 rings (SSSR count). The third-order valence-electron chi connectivity index (χ3n) is 11.1. The summed E-state index contributed by atoms with van der Waals surface area (Å²) in [6.45, 7) is 3.64. The van der Waals surface area contributed by atoms with Gasteiger partial charge < -0.3 is 34.4 Å². The number of carbonyl (C=O) groups excluding carboxylic acids is 4. The van der Waals surface area contributed by atoms with Crippen molar-refractivity contribution in [1.82, 2.24) is 10.2 Å². The van der Waals surface area contributed by atoms with E-state index in [4.69, 9.17) is 14.2 Å². The van der Waals surface area contributed by atoms with Gasteiger partial charge in [-0.15, -0.1) is 0 Å². The van der Waals surface area contributed by atoms with E-state index in [9.17, 15) is 14.7 Å². The minimum absolute atomic E-state index is 0.0535. The first-order valence-electron chi connectivity index (χ1n) is 18.6. The molecule has 4 aliphatic heterocycles. The van der Waals surface area contributed by atoms with E-state index in [0.717, 1.165) is 16.7 Å². The molecule has 0 aromatic heterocycles. The highest BCUT2D eigenvalue weighted by atomic mass is 16.6. The molecular weight excluding hydrogens is 686 g/mol. The first-order valence-corrected chi connectivity index (χ1v) is 18.6. The number of rotatable bonds is 8. The normalized spacial score (nSPS) is 29.6. The van der Waals surface area contributed by atoms with Crippen molar-refractivity contribution < 1.29 is 38.5 Å². The van der Waals surface area contributed by atoms with E-state index in [2.05, 4.69) is 5.32 Å². The van der Waals surface area contributed by atoms with Crippen LogP contribution < -0.4 is 10.2 Å². The summed E-state index contributed by atoms with van der Waals surface area (Å²) in [4.78, 5) is 61.6. The van der Waals surface area contributed by atoms with Gasteiger partial charge in [0.25, 0.3) is 5.91 Å². The molecule has 4 aliphatic rings. The summed E-state index contributed by atoms with van der Waals surface area (Å²) < 4.78 is 18.6. The molecule has 5 bridgehead atoms. The van der Waals surface area contributed by atoms with Gasteiger partial charge in [-0.05, 0) is 48.9 Å². The largest absolute Gasteiger partial charge is 0.455 e. The number of benzene rings is 3. The number of para-hydroxylation sites is 1. The summed E-state index contributed by atoms with van der Waals surface area (Å²) in [5, 5.41) is 14.0. The maximum Gasteiger partial charge on any atom is 0.313 e. The summed E-state index contributed by atoms with van der Waals surface area (Å²) in [6.07, 6.45) is 6.24. The van der Waals surface area contributed by atoms with Crippen LogP contribution in [0.2, 0.25) is 0 Å². The molecular formula is C43H47N3O8. The van der Waals surface area contributed by atoms with Crippen molar-refractivity contribution in [2.75, 3.05) is 31.8 Å². The van der Waals surface area contributed by atoms with Crippen LogP contribution in [0.1, 0.15) is 41.2 Å². The maximum atomic E-state index is 15.4. The van der Waals surface area contributed by atoms with E-state index >= 15 is 9.59 Å². The highest BCUT2D eigenvalue weighted by molar-refractivity contribution is 6.06. The van der Waals surface area contributed by atoms with Crippen LogP contribution in [0.15, 0.2) is 103 Å². The highest BCUT2D eigenvalue weighted by Crippen LogP contribution is 2.56. The number of carbonyl (C=O) groups is 4. The lowest BCUT2D eigenvalue weighted by molar-refractivity contribution is -0.162. The lowest BCUT2D eigenvalue weighted by Crippen LogP contribution is -2.59. The first kappa shape index (κ1) is 37.2. The lowest BCUT2D eigenvalue weighted by Gasteiger charge is -2.39. The topological polar surface area (TPSA) is 135 Å². The van der Waals surface area contributed by atoms with Crippen molar-refractivity contribution in [3.8, 4) is 0 Å². The Balaban J connectivity index is 1.37. The molecule has 3 aromatic carbocycles. The summed E-state index contributed by atoms with van der Waals surface area (Å²) >= 11 is 0. The fourth-order valence-corrected chi connectivity index (χ4v) is 8.76. The summed E-state index contributed by atoms with van der Waals surface area (Å²) in [5.74, 6) is -4.03. The van der Waals surface area contributed by atoms with Gasteiger partial charge in [-0.25, -0.2) is 0 Å². The van der Waals surface area contributed by atoms with Crippen LogP contribution in [-0.4, -0.2) is 90.4 Å². The number of esters is 1. The van der Waals surface area contributed by atoms with Gasteiger partial charge in [0.2, 0.25) is 11.8 Å². The number of nitrogens with zero attached hydrogens (tertiary/aromatic N) is 2. The fourth-order valence-electron chi connectivity index (χ4n) is 8.76. The van der Waals surface area contributed by atoms with Gasteiger partial charge in [-0.1, -0.05) is 103 Å². The van der Waals surface area contributed by atoms with Crippen LogP contribution in [0.5, 0.6) is 0 Å². The number of nitrogens with one attached hydrogen (secondary N) is 1. The Hall–Kier alpha value is -5.10. The van der Waals surface area contributed by atoms with Crippen LogP contribution >= 0.6 is 0 Å². The Kier molecular flexibility index (Phi) is 10.8. The number of methoxy groups -OCH3 is 1. The molecule has 0 radical (unpaired) electrons.